The molecule has 0 saturated heterocycles. The Morgan fingerprint density at radius 2 is 1.83 bits per heavy atom. The average Bonchev–Trinajstić information content (AvgIpc) is 3.14. The molecule has 1 aliphatic heterocycles. The van der Waals surface area contributed by atoms with Crippen LogP contribution in [0.2, 0.25) is 0 Å². The van der Waals surface area contributed by atoms with Crippen molar-refractivity contribution in [3.63, 3.8) is 0 Å². The highest BCUT2D eigenvalue weighted by molar-refractivity contribution is 6.05. The van der Waals surface area contributed by atoms with Gasteiger partial charge < -0.3 is 15.7 Å². The molecule has 0 radical (unpaired) electrons. The van der Waals surface area contributed by atoms with E-state index >= 15 is 0 Å². The van der Waals surface area contributed by atoms with Crippen molar-refractivity contribution in [3.05, 3.63) is 64.8 Å². The van der Waals surface area contributed by atoms with Gasteiger partial charge in [-0.15, -0.1) is 0 Å². The molecule has 29 heavy (non-hydrogen) atoms. The number of carboxylic acid groups (broad SMARTS) is 1. The summed E-state index contributed by atoms with van der Waals surface area (Å²) in [5.41, 5.74) is 9.46. The van der Waals surface area contributed by atoms with E-state index in [-0.39, 0.29) is 17.5 Å². The highest BCUT2D eigenvalue weighted by Gasteiger charge is 2.27. The third-order valence-corrected chi connectivity index (χ3v) is 5.35. The van der Waals surface area contributed by atoms with Crippen LogP contribution in [0.3, 0.4) is 0 Å². The lowest BCUT2D eigenvalue weighted by Crippen LogP contribution is -2.27. The van der Waals surface area contributed by atoms with Gasteiger partial charge in [0, 0.05) is 18.5 Å². The molecule has 7 heteroatoms. The number of nitrogens with two attached hydrogens (primary N) is 1. The molecule has 0 bridgehead atoms. The molecule has 2 aromatic carbocycles. The zero-order valence-electron chi connectivity index (χ0n) is 16.1. The Morgan fingerprint density at radius 3 is 2.45 bits per heavy atom. The summed E-state index contributed by atoms with van der Waals surface area (Å²) in [7, 11) is 0. The summed E-state index contributed by atoms with van der Waals surface area (Å²) in [6, 6.07) is 13.1. The smallest absolute Gasteiger partial charge is 0.310 e. The first kappa shape index (κ1) is 18.9. The summed E-state index contributed by atoms with van der Waals surface area (Å²) in [5, 5.41) is 10.1. The van der Waals surface area contributed by atoms with Crippen molar-refractivity contribution in [2.24, 2.45) is 0 Å². The van der Waals surface area contributed by atoms with E-state index in [2.05, 4.69) is 9.97 Å². The Kier molecular flexibility index (Phi) is 4.88. The number of amides is 1. The Labute approximate surface area is 168 Å². The lowest BCUT2D eigenvalue weighted by atomic mass is 9.93. The van der Waals surface area contributed by atoms with Gasteiger partial charge in [0.25, 0.3) is 5.91 Å². The number of carbonyl (C=O) groups excluding carboxylic acids is 1. The van der Waals surface area contributed by atoms with Crippen molar-refractivity contribution < 1.29 is 14.7 Å². The van der Waals surface area contributed by atoms with Crippen molar-refractivity contribution >= 4 is 28.7 Å². The van der Waals surface area contributed by atoms with Gasteiger partial charge in [0.1, 0.15) is 5.69 Å². The maximum absolute atomic E-state index is 13.3. The van der Waals surface area contributed by atoms with Crippen molar-refractivity contribution in [2.45, 2.75) is 38.8 Å². The van der Waals surface area contributed by atoms with Crippen LogP contribution in [-0.2, 0) is 17.9 Å². The van der Waals surface area contributed by atoms with Crippen LogP contribution in [0.15, 0.2) is 42.5 Å². The van der Waals surface area contributed by atoms with Gasteiger partial charge in [-0.05, 0) is 35.2 Å². The number of anilines is 1. The van der Waals surface area contributed by atoms with E-state index < -0.39 is 11.9 Å². The Morgan fingerprint density at radius 1 is 1.14 bits per heavy atom. The molecule has 0 fully saturated rings. The van der Waals surface area contributed by atoms with Gasteiger partial charge in [-0.2, -0.15) is 0 Å². The van der Waals surface area contributed by atoms with Crippen molar-refractivity contribution in [1.29, 1.82) is 0 Å². The minimum atomic E-state index is -0.884. The van der Waals surface area contributed by atoms with E-state index in [1.807, 2.05) is 31.2 Å². The van der Waals surface area contributed by atoms with Crippen LogP contribution in [0, 0.1) is 0 Å². The molecular formula is C22H22N4O3. The van der Waals surface area contributed by atoms with E-state index in [4.69, 9.17) is 5.73 Å². The molecule has 3 N–H and O–H groups in total. The van der Waals surface area contributed by atoms with Gasteiger partial charge in [-0.3, -0.25) is 9.59 Å². The van der Waals surface area contributed by atoms with Crippen molar-refractivity contribution in [1.82, 2.24) is 14.9 Å². The number of fused-ring (bicyclic) bond motifs is 2. The van der Waals surface area contributed by atoms with Crippen molar-refractivity contribution in [3.8, 4) is 0 Å². The SMILES string of the molecule is CCCC(C(=O)O)c1ccc2nc(N)nc(C(=O)N3Cc4ccccc4C3)c2c1. The van der Waals surface area contributed by atoms with Crippen LogP contribution < -0.4 is 5.73 Å². The molecule has 1 amide bonds. The molecule has 4 rings (SSSR count). The van der Waals surface area contributed by atoms with Crippen molar-refractivity contribution in [2.75, 3.05) is 5.73 Å². The molecule has 3 aromatic rings. The standard InChI is InChI=1S/C22H22N4O3/c1-2-5-16(21(28)29)13-8-9-18-17(10-13)19(25-22(23)24-18)20(27)26-11-14-6-3-4-7-15(14)12-26/h3-4,6-10,16H,2,5,11-12H2,1H3,(H,28,29)(H2,23,24,25). The van der Waals surface area contributed by atoms with Gasteiger partial charge in [0.05, 0.1) is 11.4 Å². The lowest BCUT2D eigenvalue weighted by Gasteiger charge is -2.17. The van der Waals surface area contributed by atoms with E-state index in [1.165, 1.54) is 0 Å². The number of hydrogen-bond donors (Lipinski definition) is 2. The molecule has 148 valence electrons. The molecule has 2 heterocycles. The van der Waals surface area contributed by atoms with Crippen LogP contribution in [0.4, 0.5) is 5.95 Å². The fourth-order valence-corrected chi connectivity index (χ4v) is 3.89. The van der Waals surface area contributed by atoms with Gasteiger partial charge in [0.2, 0.25) is 5.95 Å². The first-order chi connectivity index (χ1) is 14.0. The maximum atomic E-state index is 13.3. The first-order valence-electron chi connectivity index (χ1n) is 9.64. The molecule has 1 unspecified atom stereocenters. The number of carbonyl (C=O) groups is 2. The van der Waals surface area contributed by atoms with E-state index in [0.29, 0.717) is 36.0 Å². The summed E-state index contributed by atoms with van der Waals surface area (Å²) >= 11 is 0. The number of nitrogen functional groups attached to an aromatic ring is 1. The summed E-state index contributed by atoms with van der Waals surface area (Å²) in [6.07, 6.45) is 1.26. The quantitative estimate of drug-likeness (QED) is 0.691. The zero-order valence-corrected chi connectivity index (χ0v) is 16.1. The summed E-state index contributed by atoms with van der Waals surface area (Å²) < 4.78 is 0. The summed E-state index contributed by atoms with van der Waals surface area (Å²) in [4.78, 5) is 35.2. The van der Waals surface area contributed by atoms with Gasteiger partial charge in [-0.25, -0.2) is 9.97 Å². The zero-order chi connectivity index (χ0) is 20.5. The highest BCUT2D eigenvalue weighted by atomic mass is 16.4. The monoisotopic (exact) mass is 390 g/mol. The predicted octanol–water partition coefficient (Wildman–Crippen LogP) is 3.34. The Hall–Kier alpha value is -3.48. The summed E-state index contributed by atoms with van der Waals surface area (Å²) in [5.74, 6) is -1.74. The Balaban J connectivity index is 1.76. The molecule has 1 aliphatic rings. The minimum absolute atomic E-state index is 0.0219. The molecule has 0 aliphatic carbocycles. The Bertz CT molecular complexity index is 1090. The van der Waals surface area contributed by atoms with Gasteiger partial charge in [-0.1, -0.05) is 43.7 Å². The normalized spacial score (nSPS) is 14.0. The molecular weight excluding hydrogens is 368 g/mol. The van der Waals surface area contributed by atoms with E-state index in [0.717, 1.165) is 17.5 Å². The largest absolute Gasteiger partial charge is 0.481 e. The number of nitrogens with zero attached hydrogens (tertiary/aromatic N) is 3. The van der Waals surface area contributed by atoms with E-state index in [1.54, 1.807) is 23.1 Å². The van der Waals surface area contributed by atoms with Crippen LogP contribution >= 0.6 is 0 Å². The third-order valence-electron chi connectivity index (χ3n) is 5.35. The van der Waals surface area contributed by atoms with Crippen LogP contribution in [0.5, 0.6) is 0 Å². The van der Waals surface area contributed by atoms with Crippen LogP contribution in [0.1, 0.15) is 52.9 Å². The fraction of sp³-hybridized carbons (Fsp3) is 0.273. The third kappa shape index (κ3) is 3.51. The maximum Gasteiger partial charge on any atom is 0.310 e. The molecule has 0 spiro atoms. The number of carboxylic acids is 1. The number of rotatable bonds is 5. The molecule has 7 nitrogen and oxygen atoms in total. The highest BCUT2D eigenvalue weighted by Crippen LogP contribution is 2.29. The van der Waals surface area contributed by atoms with Gasteiger partial charge in [0.15, 0.2) is 0 Å². The minimum Gasteiger partial charge on any atom is -0.481 e. The first-order valence-corrected chi connectivity index (χ1v) is 9.64. The second-order valence-electron chi connectivity index (χ2n) is 7.32. The second-order valence-corrected chi connectivity index (χ2v) is 7.32. The van der Waals surface area contributed by atoms with Crippen LogP contribution in [0.25, 0.3) is 10.9 Å². The predicted molar refractivity (Wildman–Crippen MR) is 109 cm³/mol. The number of benzene rings is 2. The fourth-order valence-electron chi connectivity index (χ4n) is 3.89. The van der Waals surface area contributed by atoms with E-state index in [9.17, 15) is 14.7 Å². The molecule has 1 atom stereocenters. The average molecular weight is 390 g/mol. The topological polar surface area (TPSA) is 109 Å². The number of aliphatic carboxylic acids is 1. The second kappa shape index (κ2) is 7.50. The number of hydrogen-bond acceptors (Lipinski definition) is 5. The van der Waals surface area contributed by atoms with Crippen LogP contribution in [-0.4, -0.2) is 31.9 Å². The summed E-state index contributed by atoms with van der Waals surface area (Å²) in [6.45, 7) is 2.96. The van der Waals surface area contributed by atoms with Gasteiger partial charge >= 0.3 is 5.97 Å². The molecule has 0 saturated carbocycles. The number of aromatic nitrogens is 2. The molecule has 1 aromatic heterocycles. The lowest BCUT2D eigenvalue weighted by molar-refractivity contribution is -0.139.